The molecule has 1 unspecified atom stereocenters. The highest BCUT2D eigenvalue weighted by Crippen LogP contribution is 2.21. The number of nitrogens with one attached hydrogen (secondary N) is 1. The molecule has 5 heteroatoms. The van der Waals surface area contributed by atoms with Gasteiger partial charge >= 0.3 is 0 Å². The van der Waals surface area contributed by atoms with E-state index in [2.05, 4.69) is 32.6 Å². The summed E-state index contributed by atoms with van der Waals surface area (Å²) >= 11 is 1.66. The zero-order chi connectivity index (χ0) is 13.1. The van der Waals surface area contributed by atoms with E-state index in [1.54, 1.807) is 11.3 Å². The van der Waals surface area contributed by atoms with E-state index >= 15 is 0 Å². The van der Waals surface area contributed by atoms with Gasteiger partial charge in [0.1, 0.15) is 5.01 Å². The van der Waals surface area contributed by atoms with E-state index in [9.17, 15) is 0 Å². The maximum absolute atomic E-state index is 4.64. The van der Waals surface area contributed by atoms with Crippen molar-refractivity contribution in [3.63, 3.8) is 0 Å². The van der Waals surface area contributed by atoms with Crippen molar-refractivity contribution in [3.8, 4) is 10.7 Å². The van der Waals surface area contributed by atoms with Crippen LogP contribution in [0.4, 0.5) is 0 Å². The Hall–Kier alpha value is -1.30. The second kappa shape index (κ2) is 5.77. The fraction of sp³-hybridized carbons (Fsp3) is 0.429. The van der Waals surface area contributed by atoms with Gasteiger partial charge < -0.3 is 10.2 Å². The Morgan fingerprint density at radius 3 is 3.16 bits per heavy atom. The molecule has 4 nitrogen and oxygen atoms in total. The first-order valence-electron chi connectivity index (χ1n) is 6.59. The quantitative estimate of drug-likeness (QED) is 0.926. The van der Waals surface area contributed by atoms with E-state index in [-0.39, 0.29) is 0 Å². The third-order valence-electron chi connectivity index (χ3n) is 3.40. The number of pyridine rings is 1. The molecule has 0 spiro atoms. The van der Waals surface area contributed by atoms with Gasteiger partial charge in [0.25, 0.3) is 0 Å². The van der Waals surface area contributed by atoms with Crippen LogP contribution in [0.2, 0.25) is 0 Å². The fourth-order valence-corrected chi connectivity index (χ4v) is 3.14. The lowest BCUT2D eigenvalue weighted by molar-refractivity contribution is 0.397. The van der Waals surface area contributed by atoms with Gasteiger partial charge in [0.15, 0.2) is 0 Å². The Kier molecular flexibility index (Phi) is 3.87. The summed E-state index contributed by atoms with van der Waals surface area (Å²) < 4.78 is 0. The molecule has 3 heterocycles. The van der Waals surface area contributed by atoms with Gasteiger partial charge in [0.2, 0.25) is 0 Å². The zero-order valence-electron chi connectivity index (χ0n) is 11.0. The molecule has 0 bridgehead atoms. The Morgan fingerprint density at radius 1 is 1.47 bits per heavy atom. The molecule has 0 aromatic carbocycles. The molecule has 1 aliphatic rings. The fourth-order valence-electron chi connectivity index (χ4n) is 2.35. The SMILES string of the molecule is CN1CCC(NCc2csc(-c3ccccn3)n2)C1. The minimum atomic E-state index is 0.602. The first-order valence-corrected chi connectivity index (χ1v) is 7.47. The highest BCUT2D eigenvalue weighted by molar-refractivity contribution is 7.13. The van der Waals surface area contributed by atoms with E-state index < -0.39 is 0 Å². The summed E-state index contributed by atoms with van der Waals surface area (Å²) in [5, 5.41) is 6.70. The molecule has 3 rings (SSSR count). The molecule has 1 fully saturated rings. The molecule has 100 valence electrons. The third-order valence-corrected chi connectivity index (χ3v) is 4.31. The molecule has 19 heavy (non-hydrogen) atoms. The van der Waals surface area contributed by atoms with Crippen molar-refractivity contribution in [2.75, 3.05) is 20.1 Å². The number of likely N-dealkylation sites (tertiary alicyclic amines) is 1. The predicted octanol–water partition coefficient (Wildman–Crippen LogP) is 2.00. The average molecular weight is 274 g/mol. The molecule has 2 aromatic rings. The van der Waals surface area contributed by atoms with E-state index in [0.717, 1.165) is 29.5 Å². The Balaban J connectivity index is 1.59. The average Bonchev–Trinajstić information content (AvgIpc) is 3.06. The molecule has 1 aliphatic heterocycles. The highest BCUT2D eigenvalue weighted by Gasteiger charge is 2.18. The minimum absolute atomic E-state index is 0.602. The Labute approximate surface area is 117 Å². The molecular weight excluding hydrogens is 256 g/mol. The van der Waals surface area contributed by atoms with Crippen LogP contribution in [0.1, 0.15) is 12.1 Å². The first kappa shape index (κ1) is 12.7. The van der Waals surface area contributed by atoms with Crippen LogP contribution >= 0.6 is 11.3 Å². The summed E-state index contributed by atoms with van der Waals surface area (Å²) in [6.45, 7) is 3.17. The Morgan fingerprint density at radius 2 is 2.42 bits per heavy atom. The van der Waals surface area contributed by atoms with Gasteiger partial charge in [0.05, 0.1) is 11.4 Å². The summed E-state index contributed by atoms with van der Waals surface area (Å²) in [5.41, 5.74) is 2.07. The predicted molar refractivity (Wildman–Crippen MR) is 78.1 cm³/mol. The van der Waals surface area contributed by atoms with Gasteiger partial charge in [-0.15, -0.1) is 11.3 Å². The van der Waals surface area contributed by atoms with Crippen molar-refractivity contribution < 1.29 is 0 Å². The van der Waals surface area contributed by atoms with Crippen molar-refractivity contribution >= 4 is 11.3 Å². The molecular formula is C14H18N4S. The summed E-state index contributed by atoms with van der Waals surface area (Å²) in [5.74, 6) is 0. The minimum Gasteiger partial charge on any atom is -0.307 e. The van der Waals surface area contributed by atoms with E-state index in [0.29, 0.717) is 6.04 Å². The van der Waals surface area contributed by atoms with Crippen LogP contribution in [0, 0.1) is 0 Å². The summed E-state index contributed by atoms with van der Waals surface area (Å²) in [4.78, 5) is 11.3. The van der Waals surface area contributed by atoms with Crippen LogP contribution < -0.4 is 5.32 Å². The Bertz CT molecular complexity index is 525. The number of likely N-dealkylation sites (N-methyl/N-ethyl adjacent to an activating group) is 1. The molecule has 1 N–H and O–H groups in total. The number of hydrogen-bond acceptors (Lipinski definition) is 5. The molecule has 1 saturated heterocycles. The third kappa shape index (κ3) is 3.18. The van der Waals surface area contributed by atoms with Crippen LogP contribution in [0.25, 0.3) is 10.7 Å². The van der Waals surface area contributed by atoms with Crippen molar-refractivity contribution in [2.24, 2.45) is 0 Å². The second-order valence-electron chi connectivity index (χ2n) is 4.99. The number of rotatable bonds is 4. The molecule has 2 aromatic heterocycles. The smallest absolute Gasteiger partial charge is 0.142 e. The van der Waals surface area contributed by atoms with Crippen LogP contribution in [-0.4, -0.2) is 41.0 Å². The van der Waals surface area contributed by atoms with Crippen LogP contribution in [0.5, 0.6) is 0 Å². The molecule has 0 aliphatic carbocycles. The largest absolute Gasteiger partial charge is 0.307 e. The summed E-state index contributed by atoms with van der Waals surface area (Å²) in [6, 6.07) is 6.53. The lowest BCUT2D eigenvalue weighted by Gasteiger charge is -2.11. The van der Waals surface area contributed by atoms with Crippen molar-refractivity contribution in [2.45, 2.75) is 19.0 Å². The van der Waals surface area contributed by atoms with Gasteiger partial charge in [-0.05, 0) is 32.1 Å². The van der Waals surface area contributed by atoms with Crippen LogP contribution in [0.3, 0.4) is 0 Å². The topological polar surface area (TPSA) is 41.0 Å². The standard InChI is InChI=1S/C14H18N4S/c1-18-7-5-11(9-18)16-8-12-10-19-14(17-12)13-4-2-3-6-15-13/h2-4,6,10-11,16H,5,7-9H2,1H3. The first-order chi connectivity index (χ1) is 9.31. The molecule has 1 atom stereocenters. The second-order valence-corrected chi connectivity index (χ2v) is 5.85. The number of thiazole rings is 1. The van der Waals surface area contributed by atoms with E-state index in [1.807, 2.05) is 24.4 Å². The monoisotopic (exact) mass is 274 g/mol. The zero-order valence-corrected chi connectivity index (χ0v) is 11.9. The number of nitrogens with zero attached hydrogens (tertiary/aromatic N) is 3. The number of aromatic nitrogens is 2. The van der Waals surface area contributed by atoms with Gasteiger partial charge in [-0.1, -0.05) is 6.07 Å². The normalized spacial score (nSPS) is 19.9. The lowest BCUT2D eigenvalue weighted by atomic mass is 10.2. The lowest BCUT2D eigenvalue weighted by Crippen LogP contribution is -2.31. The molecule has 0 amide bonds. The van der Waals surface area contributed by atoms with Gasteiger partial charge in [0, 0.05) is 30.7 Å². The van der Waals surface area contributed by atoms with Gasteiger partial charge in [-0.3, -0.25) is 4.98 Å². The summed E-state index contributed by atoms with van der Waals surface area (Å²) in [6.07, 6.45) is 3.04. The van der Waals surface area contributed by atoms with E-state index in [1.165, 1.54) is 13.0 Å². The molecule has 0 radical (unpaired) electrons. The van der Waals surface area contributed by atoms with Crippen LogP contribution in [0.15, 0.2) is 29.8 Å². The maximum Gasteiger partial charge on any atom is 0.142 e. The van der Waals surface area contributed by atoms with Gasteiger partial charge in [-0.2, -0.15) is 0 Å². The van der Waals surface area contributed by atoms with Gasteiger partial charge in [-0.25, -0.2) is 4.98 Å². The van der Waals surface area contributed by atoms with Crippen molar-refractivity contribution in [1.82, 2.24) is 20.2 Å². The molecule has 0 saturated carbocycles. The van der Waals surface area contributed by atoms with Crippen molar-refractivity contribution in [1.29, 1.82) is 0 Å². The summed E-state index contributed by atoms with van der Waals surface area (Å²) in [7, 11) is 2.17. The van der Waals surface area contributed by atoms with Crippen molar-refractivity contribution in [3.05, 3.63) is 35.5 Å². The van der Waals surface area contributed by atoms with Crippen LogP contribution in [-0.2, 0) is 6.54 Å². The number of hydrogen-bond donors (Lipinski definition) is 1. The highest BCUT2D eigenvalue weighted by atomic mass is 32.1. The maximum atomic E-state index is 4.64. The van der Waals surface area contributed by atoms with E-state index in [4.69, 9.17) is 0 Å².